The van der Waals surface area contributed by atoms with Gasteiger partial charge in [0.25, 0.3) is 0 Å². The number of carbonyl (C=O) groups excluding carboxylic acids is 1. The molecule has 0 bridgehead atoms. The Morgan fingerprint density at radius 2 is 2.38 bits per heavy atom. The number of aldehydes is 1. The third-order valence-corrected chi connectivity index (χ3v) is 2.32. The van der Waals surface area contributed by atoms with Crippen molar-refractivity contribution in [1.29, 1.82) is 0 Å². The fraction of sp³-hybridized carbons (Fsp3) is 0.500. The van der Waals surface area contributed by atoms with Crippen LogP contribution >= 0.6 is 0 Å². The average Bonchev–Trinajstić information content (AvgIpc) is 2.19. The largest absolute Gasteiger partial charge is 0.303 e. The zero-order valence-corrected chi connectivity index (χ0v) is 8.03. The van der Waals surface area contributed by atoms with E-state index in [1.807, 2.05) is 19.9 Å². The van der Waals surface area contributed by atoms with Crippen LogP contribution in [0.15, 0.2) is 18.6 Å². The van der Waals surface area contributed by atoms with Gasteiger partial charge in [0.1, 0.15) is 12.6 Å². The van der Waals surface area contributed by atoms with E-state index in [9.17, 15) is 4.79 Å². The van der Waals surface area contributed by atoms with Crippen LogP contribution in [0.25, 0.3) is 0 Å². The minimum atomic E-state index is -0.283. The molecular weight excluding hydrogens is 164 g/mol. The van der Waals surface area contributed by atoms with Gasteiger partial charge in [0.05, 0.1) is 0 Å². The van der Waals surface area contributed by atoms with Gasteiger partial charge in [-0.1, -0.05) is 13.8 Å². The fourth-order valence-corrected chi connectivity index (χ4v) is 1.09. The van der Waals surface area contributed by atoms with Crippen LogP contribution in [0, 0.1) is 5.41 Å². The minimum absolute atomic E-state index is 0.283. The van der Waals surface area contributed by atoms with Crippen molar-refractivity contribution in [3.05, 3.63) is 24.3 Å². The van der Waals surface area contributed by atoms with Crippen molar-refractivity contribution < 1.29 is 4.79 Å². The van der Waals surface area contributed by atoms with Gasteiger partial charge in [0, 0.05) is 23.7 Å². The van der Waals surface area contributed by atoms with Gasteiger partial charge in [-0.15, -0.1) is 0 Å². The first-order chi connectivity index (χ1) is 6.20. The first-order valence-electron chi connectivity index (χ1n) is 4.41. The molecular formula is C10H14N2O. The van der Waals surface area contributed by atoms with Gasteiger partial charge in [0.2, 0.25) is 0 Å². The number of hydrogen-bond acceptors (Lipinski definition) is 3. The Morgan fingerprint density at radius 1 is 1.62 bits per heavy atom. The van der Waals surface area contributed by atoms with E-state index >= 15 is 0 Å². The Morgan fingerprint density at radius 3 is 2.85 bits per heavy atom. The number of hydrogen-bond donors (Lipinski definition) is 0. The monoisotopic (exact) mass is 178 g/mol. The van der Waals surface area contributed by atoms with Crippen LogP contribution in [-0.4, -0.2) is 16.3 Å². The third kappa shape index (κ3) is 2.61. The highest BCUT2D eigenvalue weighted by atomic mass is 16.1. The molecule has 1 aromatic heterocycles. The second kappa shape index (κ2) is 4.12. The fourth-order valence-electron chi connectivity index (χ4n) is 1.09. The number of aromatic nitrogens is 2. The number of rotatable bonds is 4. The molecule has 70 valence electrons. The van der Waals surface area contributed by atoms with E-state index < -0.39 is 0 Å². The highest BCUT2D eigenvalue weighted by Crippen LogP contribution is 2.22. The minimum Gasteiger partial charge on any atom is -0.303 e. The summed E-state index contributed by atoms with van der Waals surface area (Å²) in [5, 5.41) is 0. The zero-order valence-electron chi connectivity index (χ0n) is 8.03. The lowest BCUT2D eigenvalue weighted by molar-refractivity contribution is -0.115. The van der Waals surface area contributed by atoms with Crippen LogP contribution in [0.4, 0.5) is 0 Å². The van der Waals surface area contributed by atoms with Crippen LogP contribution in [0.1, 0.15) is 26.0 Å². The first kappa shape index (κ1) is 9.84. The molecule has 0 amide bonds. The summed E-state index contributed by atoms with van der Waals surface area (Å²) in [7, 11) is 0. The summed E-state index contributed by atoms with van der Waals surface area (Å²) in [6, 6.07) is 1.84. The summed E-state index contributed by atoms with van der Waals surface area (Å²) >= 11 is 0. The van der Waals surface area contributed by atoms with Crippen molar-refractivity contribution in [1.82, 2.24) is 9.97 Å². The van der Waals surface area contributed by atoms with Gasteiger partial charge in [-0.3, -0.25) is 0 Å². The molecule has 0 spiro atoms. The van der Waals surface area contributed by atoms with Crippen molar-refractivity contribution >= 4 is 6.29 Å². The maximum Gasteiger partial charge on any atom is 0.126 e. The van der Waals surface area contributed by atoms with Crippen LogP contribution in [0.5, 0.6) is 0 Å². The summed E-state index contributed by atoms with van der Waals surface area (Å²) in [5.41, 5.74) is 0.639. The smallest absolute Gasteiger partial charge is 0.126 e. The van der Waals surface area contributed by atoms with Crippen LogP contribution in [0.2, 0.25) is 0 Å². The van der Waals surface area contributed by atoms with Crippen molar-refractivity contribution in [2.75, 3.05) is 0 Å². The molecule has 0 radical (unpaired) electrons. The van der Waals surface area contributed by atoms with Gasteiger partial charge in [0.15, 0.2) is 0 Å². The molecule has 0 fully saturated rings. The average molecular weight is 178 g/mol. The van der Waals surface area contributed by atoms with Gasteiger partial charge < -0.3 is 4.79 Å². The predicted octanol–water partition coefficient (Wildman–Crippen LogP) is 1.63. The number of carbonyl (C=O) groups is 1. The van der Waals surface area contributed by atoms with E-state index in [1.54, 1.807) is 6.20 Å². The summed E-state index contributed by atoms with van der Waals surface area (Å²) in [5.74, 6) is 0. The molecule has 0 saturated carbocycles. The summed E-state index contributed by atoms with van der Waals surface area (Å²) in [6.07, 6.45) is 5.74. The van der Waals surface area contributed by atoms with Gasteiger partial charge in [-0.25, -0.2) is 9.97 Å². The van der Waals surface area contributed by atoms with Crippen molar-refractivity contribution in [2.45, 2.75) is 26.7 Å². The van der Waals surface area contributed by atoms with Crippen LogP contribution in [-0.2, 0) is 11.2 Å². The molecule has 1 atom stereocenters. The second-order valence-corrected chi connectivity index (χ2v) is 3.50. The lowest BCUT2D eigenvalue weighted by atomic mass is 9.84. The zero-order chi connectivity index (χ0) is 9.73. The molecule has 3 heteroatoms. The van der Waals surface area contributed by atoms with E-state index in [2.05, 4.69) is 9.97 Å². The van der Waals surface area contributed by atoms with Crippen LogP contribution in [0.3, 0.4) is 0 Å². The summed E-state index contributed by atoms with van der Waals surface area (Å²) in [4.78, 5) is 18.7. The Labute approximate surface area is 78.2 Å². The maximum atomic E-state index is 10.8. The van der Waals surface area contributed by atoms with Crippen LogP contribution < -0.4 is 0 Å². The molecule has 0 aliphatic heterocycles. The van der Waals surface area contributed by atoms with Crippen molar-refractivity contribution in [2.24, 2.45) is 5.41 Å². The Hall–Kier alpha value is -1.25. The van der Waals surface area contributed by atoms with E-state index in [1.165, 1.54) is 6.33 Å². The molecule has 1 aromatic rings. The molecule has 0 aliphatic carbocycles. The maximum absolute atomic E-state index is 10.8. The normalized spacial score (nSPS) is 14.9. The second-order valence-electron chi connectivity index (χ2n) is 3.50. The predicted molar refractivity (Wildman–Crippen MR) is 50.2 cm³/mol. The topological polar surface area (TPSA) is 42.9 Å². The van der Waals surface area contributed by atoms with Crippen molar-refractivity contribution in [3.8, 4) is 0 Å². The van der Waals surface area contributed by atoms with Gasteiger partial charge >= 0.3 is 0 Å². The quantitative estimate of drug-likeness (QED) is 0.658. The van der Waals surface area contributed by atoms with E-state index in [0.717, 1.165) is 18.4 Å². The SMILES string of the molecule is CCC(C)(C=O)Cc1ccncn1. The van der Waals surface area contributed by atoms with E-state index in [4.69, 9.17) is 0 Å². The highest BCUT2D eigenvalue weighted by molar-refractivity contribution is 5.59. The molecule has 3 nitrogen and oxygen atoms in total. The van der Waals surface area contributed by atoms with E-state index in [-0.39, 0.29) is 5.41 Å². The summed E-state index contributed by atoms with van der Waals surface area (Å²) < 4.78 is 0. The molecule has 0 saturated heterocycles. The lowest BCUT2D eigenvalue weighted by Crippen LogP contribution is -2.20. The Bertz CT molecular complexity index is 274. The van der Waals surface area contributed by atoms with Gasteiger partial charge in [-0.2, -0.15) is 0 Å². The molecule has 1 unspecified atom stereocenters. The lowest BCUT2D eigenvalue weighted by Gasteiger charge is -2.19. The molecule has 0 aliphatic rings. The Balaban J connectivity index is 2.73. The highest BCUT2D eigenvalue weighted by Gasteiger charge is 2.21. The standard InChI is InChI=1S/C10H14N2O/c1-3-10(2,7-13)6-9-4-5-11-8-12-9/h4-5,7-8H,3,6H2,1-2H3. The number of nitrogens with zero attached hydrogens (tertiary/aromatic N) is 2. The molecule has 1 heterocycles. The van der Waals surface area contributed by atoms with Crippen molar-refractivity contribution in [3.63, 3.8) is 0 Å². The van der Waals surface area contributed by atoms with E-state index in [0.29, 0.717) is 6.42 Å². The molecule has 1 rings (SSSR count). The first-order valence-corrected chi connectivity index (χ1v) is 4.41. The molecule has 0 N–H and O–H groups in total. The molecule has 13 heavy (non-hydrogen) atoms. The summed E-state index contributed by atoms with van der Waals surface area (Å²) in [6.45, 7) is 3.96. The molecule has 0 aromatic carbocycles. The van der Waals surface area contributed by atoms with Gasteiger partial charge in [-0.05, 0) is 12.5 Å². The Kier molecular flexibility index (Phi) is 3.12. The third-order valence-electron chi connectivity index (χ3n) is 2.32.